The molecule has 0 bridgehead atoms. The normalized spacial score (nSPS) is 10.7. The largest absolute Gasteiger partial charge is 0.341 e. The number of aromatic nitrogens is 3. The molecule has 9 heavy (non-hydrogen) atoms. The summed E-state index contributed by atoms with van der Waals surface area (Å²) >= 11 is 1.23. The van der Waals surface area contributed by atoms with Gasteiger partial charge >= 0.3 is 5.69 Å². The van der Waals surface area contributed by atoms with Gasteiger partial charge in [0.2, 0.25) is 4.96 Å². The van der Waals surface area contributed by atoms with Crippen molar-refractivity contribution in [2.45, 2.75) is 0 Å². The number of hydrogen-bond acceptors (Lipinski definition) is 3. The minimum Gasteiger partial charge on any atom is -0.259 e. The standard InChI is InChI=1S/C4H3N3OS/c8-3-6-9-4-5-1-2-7(3)4/h1-2H,(H,6,8). The highest BCUT2D eigenvalue weighted by atomic mass is 32.1. The molecule has 46 valence electrons. The fraction of sp³-hybridized carbons (Fsp3) is 0. The summed E-state index contributed by atoms with van der Waals surface area (Å²) in [6.45, 7) is 0. The summed E-state index contributed by atoms with van der Waals surface area (Å²) in [7, 11) is 0. The molecular formula is C4H3N3OS. The number of nitrogens with zero attached hydrogens (tertiary/aromatic N) is 2. The molecule has 0 unspecified atom stereocenters. The van der Waals surface area contributed by atoms with Crippen molar-refractivity contribution in [3.8, 4) is 0 Å². The van der Waals surface area contributed by atoms with Crippen molar-refractivity contribution in [2.24, 2.45) is 0 Å². The van der Waals surface area contributed by atoms with Gasteiger partial charge in [0.05, 0.1) is 0 Å². The van der Waals surface area contributed by atoms with Crippen LogP contribution in [-0.4, -0.2) is 13.8 Å². The number of rotatable bonds is 0. The average molecular weight is 141 g/mol. The van der Waals surface area contributed by atoms with E-state index in [1.807, 2.05) is 0 Å². The SMILES string of the molecule is O=c1[nH]sc2nccn12. The lowest BCUT2D eigenvalue weighted by atomic mass is 10.9. The number of hydrogen-bond donors (Lipinski definition) is 1. The van der Waals surface area contributed by atoms with Gasteiger partial charge in [0.1, 0.15) is 0 Å². The van der Waals surface area contributed by atoms with Gasteiger partial charge in [-0.3, -0.25) is 4.37 Å². The fourth-order valence-corrected chi connectivity index (χ4v) is 1.29. The molecule has 4 nitrogen and oxygen atoms in total. The molecule has 0 fully saturated rings. The van der Waals surface area contributed by atoms with Crippen molar-refractivity contribution in [1.29, 1.82) is 0 Å². The Morgan fingerprint density at radius 1 is 1.78 bits per heavy atom. The molecule has 0 aliphatic rings. The fourth-order valence-electron chi connectivity index (χ4n) is 0.658. The molecule has 0 spiro atoms. The van der Waals surface area contributed by atoms with Crippen LogP contribution >= 0.6 is 11.5 Å². The van der Waals surface area contributed by atoms with Gasteiger partial charge in [-0.25, -0.2) is 14.2 Å². The summed E-state index contributed by atoms with van der Waals surface area (Å²) in [6.07, 6.45) is 3.23. The molecule has 2 rings (SSSR count). The van der Waals surface area contributed by atoms with Crippen LogP contribution in [0.15, 0.2) is 17.2 Å². The molecule has 5 heteroatoms. The van der Waals surface area contributed by atoms with Crippen molar-refractivity contribution in [3.05, 3.63) is 22.9 Å². The van der Waals surface area contributed by atoms with E-state index in [1.54, 1.807) is 12.4 Å². The second kappa shape index (κ2) is 1.44. The summed E-state index contributed by atoms with van der Waals surface area (Å²) in [5.74, 6) is 0. The maximum Gasteiger partial charge on any atom is 0.341 e. The van der Waals surface area contributed by atoms with E-state index in [-0.39, 0.29) is 5.69 Å². The van der Waals surface area contributed by atoms with Gasteiger partial charge in [-0.2, -0.15) is 0 Å². The Hall–Kier alpha value is -1.10. The number of imidazole rings is 1. The van der Waals surface area contributed by atoms with Crippen molar-refractivity contribution in [2.75, 3.05) is 0 Å². The third kappa shape index (κ3) is 0.517. The van der Waals surface area contributed by atoms with Crippen molar-refractivity contribution >= 4 is 16.5 Å². The smallest absolute Gasteiger partial charge is 0.259 e. The molecular weight excluding hydrogens is 138 g/mol. The van der Waals surface area contributed by atoms with Gasteiger partial charge < -0.3 is 0 Å². The first kappa shape index (κ1) is 4.75. The highest BCUT2D eigenvalue weighted by molar-refractivity contribution is 7.11. The lowest BCUT2D eigenvalue weighted by Gasteiger charge is -1.68. The van der Waals surface area contributed by atoms with Crippen LogP contribution in [-0.2, 0) is 0 Å². The van der Waals surface area contributed by atoms with Crippen LogP contribution in [0, 0.1) is 0 Å². The Bertz CT molecular complexity index is 370. The number of fused-ring (bicyclic) bond motifs is 1. The van der Waals surface area contributed by atoms with E-state index in [0.29, 0.717) is 4.96 Å². The summed E-state index contributed by atoms with van der Waals surface area (Å²) in [5.41, 5.74) is -0.118. The van der Waals surface area contributed by atoms with E-state index in [1.165, 1.54) is 15.9 Å². The summed E-state index contributed by atoms with van der Waals surface area (Å²) in [6, 6.07) is 0. The van der Waals surface area contributed by atoms with Crippen LogP contribution in [0.5, 0.6) is 0 Å². The van der Waals surface area contributed by atoms with Gasteiger partial charge in [-0.15, -0.1) is 0 Å². The number of H-pyrrole nitrogens is 1. The average Bonchev–Trinajstić information content (AvgIpc) is 2.35. The quantitative estimate of drug-likeness (QED) is 0.565. The maximum absolute atomic E-state index is 10.7. The molecule has 0 amide bonds. The summed E-state index contributed by atoms with van der Waals surface area (Å²) in [5, 5.41) is 0. The molecule has 0 saturated heterocycles. The maximum atomic E-state index is 10.7. The van der Waals surface area contributed by atoms with Gasteiger partial charge in [0.15, 0.2) is 0 Å². The molecule has 0 atom stereocenters. The molecule has 0 saturated carbocycles. The molecule has 0 aromatic carbocycles. The zero-order valence-corrected chi connectivity index (χ0v) is 5.18. The van der Waals surface area contributed by atoms with Crippen LogP contribution in [0.2, 0.25) is 0 Å². The number of aromatic amines is 1. The third-order valence-corrected chi connectivity index (χ3v) is 1.82. The lowest BCUT2D eigenvalue weighted by Crippen LogP contribution is -2.06. The predicted octanol–water partition coefficient (Wildman–Crippen LogP) is 0.0841. The topological polar surface area (TPSA) is 50.2 Å². The second-order valence-corrected chi connectivity index (χ2v) is 2.36. The Morgan fingerprint density at radius 2 is 2.67 bits per heavy atom. The highest BCUT2D eigenvalue weighted by Crippen LogP contribution is 1.98. The van der Waals surface area contributed by atoms with E-state index in [9.17, 15) is 4.79 Å². The monoisotopic (exact) mass is 141 g/mol. The predicted molar refractivity (Wildman–Crippen MR) is 33.7 cm³/mol. The second-order valence-electron chi connectivity index (χ2n) is 1.59. The van der Waals surface area contributed by atoms with Crippen LogP contribution in [0.4, 0.5) is 0 Å². The van der Waals surface area contributed by atoms with E-state index in [2.05, 4.69) is 9.36 Å². The number of nitrogens with one attached hydrogen (secondary N) is 1. The highest BCUT2D eigenvalue weighted by Gasteiger charge is 1.96. The van der Waals surface area contributed by atoms with Crippen LogP contribution in [0.25, 0.3) is 4.96 Å². The lowest BCUT2D eigenvalue weighted by molar-refractivity contribution is 1.09. The van der Waals surface area contributed by atoms with Gasteiger partial charge in [0, 0.05) is 12.4 Å². The van der Waals surface area contributed by atoms with Crippen molar-refractivity contribution < 1.29 is 0 Å². The first-order valence-corrected chi connectivity index (χ1v) is 3.20. The van der Waals surface area contributed by atoms with Crippen molar-refractivity contribution in [3.63, 3.8) is 0 Å². The summed E-state index contributed by atoms with van der Waals surface area (Å²) < 4.78 is 4.01. The molecule has 2 heterocycles. The zero-order chi connectivity index (χ0) is 6.27. The van der Waals surface area contributed by atoms with E-state index in [4.69, 9.17) is 0 Å². The Kier molecular flexibility index (Phi) is 0.762. The van der Waals surface area contributed by atoms with E-state index in [0.717, 1.165) is 0 Å². The molecule has 1 N–H and O–H groups in total. The van der Waals surface area contributed by atoms with E-state index >= 15 is 0 Å². The van der Waals surface area contributed by atoms with Gasteiger partial charge in [0.25, 0.3) is 0 Å². The van der Waals surface area contributed by atoms with E-state index < -0.39 is 0 Å². The Morgan fingerprint density at radius 3 is 3.44 bits per heavy atom. The zero-order valence-electron chi connectivity index (χ0n) is 4.37. The van der Waals surface area contributed by atoms with Gasteiger partial charge in [-0.1, -0.05) is 0 Å². The Labute approximate surface area is 53.9 Å². The minimum absolute atomic E-state index is 0.118. The first-order chi connectivity index (χ1) is 4.38. The molecule has 0 radical (unpaired) electrons. The first-order valence-electron chi connectivity index (χ1n) is 2.38. The molecule has 0 aliphatic heterocycles. The molecule has 0 aliphatic carbocycles. The van der Waals surface area contributed by atoms with Crippen LogP contribution in [0.3, 0.4) is 0 Å². The summed E-state index contributed by atoms with van der Waals surface area (Å²) in [4.78, 5) is 15.3. The van der Waals surface area contributed by atoms with Crippen molar-refractivity contribution in [1.82, 2.24) is 13.8 Å². The minimum atomic E-state index is -0.118. The van der Waals surface area contributed by atoms with Crippen LogP contribution < -0.4 is 5.69 Å². The molecule has 2 aromatic heterocycles. The van der Waals surface area contributed by atoms with Crippen LogP contribution in [0.1, 0.15) is 0 Å². The third-order valence-electron chi connectivity index (χ3n) is 1.06. The molecule has 2 aromatic rings. The van der Waals surface area contributed by atoms with Gasteiger partial charge in [-0.05, 0) is 11.5 Å². The Balaban J connectivity index is 3.17.